The summed E-state index contributed by atoms with van der Waals surface area (Å²) in [6.45, 7) is 2.10. The van der Waals surface area contributed by atoms with Crippen LogP contribution in [0.25, 0.3) is 0 Å². The van der Waals surface area contributed by atoms with E-state index in [2.05, 4.69) is 12.2 Å². The largest absolute Gasteiger partial charge is 0.497 e. The van der Waals surface area contributed by atoms with Gasteiger partial charge in [0, 0.05) is 12.1 Å². The van der Waals surface area contributed by atoms with Gasteiger partial charge < -0.3 is 15.2 Å². The number of rotatable bonds is 5. The Labute approximate surface area is 124 Å². The van der Waals surface area contributed by atoms with Gasteiger partial charge in [0.1, 0.15) is 5.75 Å². The van der Waals surface area contributed by atoms with Crippen molar-refractivity contribution in [3.05, 3.63) is 58.6 Å². The quantitative estimate of drug-likeness (QED) is 0.874. The molecular formula is C16H18ClNO2. The summed E-state index contributed by atoms with van der Waals surface area (Å²) < 4.78 is 5.13. The van der Waals surface area contributed by atoms with Gasteiger partial charge >= 0.3 is 0 Å². The van der Waals surface area contributed by atoms with Crippen LogP contribution in [0.3, 0.4) is 0 Å². The van der Waals surface area contributed by atoms with Gasteiger partial charge in [0.2, 0.25) is 0 Å². The predicted octanol–water partition coefficient (Wildman–Crippen LogP) is 4.01. The first-order chi connectivity index (χ1) is 9.63. The lowest BCUT2D eigenvalue weighted by Crippen LogP contribution is -2.07. The molecule has 106 valence electrons. The summed E-state index contributed by atoms with van der Waals surface area (Å²) in [7, 11) is 1.61. The number of halogens is 1. The lowest BCUT2D eigenvalue weighted by Gasteiger charge is -2.18. The highest BCUT2D eigenvalue weighted by Crippen LogP contribution is 2.29. The maximum Gasteiger partial charge on any atom is 0.120 e. The number of aliphatic hydroxyl groups is 1. The average Bonchev–Trinajstić information content (AvgIpc) is 2.49. The van der Waals surface area contributed by atoms with Crippen molar-refractivity contribution in [3.63, 3.8) is 0 Å². The van der Waals surface area contributed by atoms with E-state index in [1.165, 1.54) is 0 Å². The average molecular weight is 292 g/mol. The molecule has 0 heterocycles. The Balaban J connectivity index is 2.16. The molecule has 4 heteroatoms. The minimum atomic E-state index is 0.0455. The smallest absolute Gasteiger partial charge is 0.120 e. The van der Waals surface area contributed by atoms with Gasteiger partial charge in [0.05, 0.1) is 24.4 Å². The zero-order valence-electron chi connectivity index (χ0n) is 11.6. The van der Waals surface area contributed by atoms with Crippen molar-refractivity contribution in [3.8, 4) is 5.75 Å². The van der Waals surface area contributed by atoms with Gasteiger partial charge in [-0.3, -0.25) is 0 Å². The number of hydrogen-bond donors (Lipinski definition) is 2. The van der Waals surface area contributed by atoms with Crippen LogP contribution in [0.1, 0.15) is 24.1 Å². The molecule has 0 bridgehead atoms. The van der Waals surface area contributed by atoms with Crippen molar-refractivity contribution < 1.29 is 9.84 Å². The van der Waals surface area contributed by atoms with Crippen LogP contribution in [0.5, 0.6) is 5.75 Å². The predicted molar refractivity (Wildman–Crippen MR) is 82.4 cm³/mol. The van der Waals surface area contributed by atoms with E-state index >= 15 is 0 Å². The topological polar surface area (TPSA) is 41.5 Å². The summed E-state index contributed by atoms with van der Waals surface area (Å²) in [5, 5.41) is 13.2. The Kier molecular flexibility index (Phi) is 4.88. The van der Waals surface area contributed by atoms with Gasteiger partial charge in [-0.25, -0.2) is 0 Å². The van der Waals surface area contributed by atoms with Crippen LogP contribution in [0.2, 0.25) is 5.02 Å². The maximum absolute atomic E-state index is 9.18. The number of ether oxygens (including phenoxy) is 1. The van der Waals surface area contributed by atoms with E-state index in [1.54, 1.807) is 13.2 Å². The first kappa shape index (κ1) is 14.7. The van der Waals surface area contributed by atoms with Gasteiger partial charge in [-0.05, 0) is 30.2 Å². The molecule has 0 fully saturated rings. The monoisotopic (exact) mass is 291 g/mol. The van der Waals surface area contributed by atoms with E-state index in [9.17, 15) is 5.11 Å². The van der Waals surface area contributed by atoms with Crippen LogP contribution in [0, 0.1) is 0 Å². The highest BCUT2D eigenvalue weighted by Gasteiger charge is 2.09. The summed E-state index contributed by atoms with van der Waals surface area (Å²) in [5.41, 5.74) is 2.86. The highest BCUT2D eigenvalue weighted by atomic mass is 35.5. The Morgan fingerprint density at radius 2 is 2.05 bits per heavy atom. The molecule has 0 spiro atoms. The zero-order chi connectivity index (χ0) is 14.5. The van der Waals surface area contributed by atoms with E-state index in [-0.39, 0.29) is 12.6 Å². The van der Waals surface area contributed by atoms with Crippen molar-refractivity contribution in [2.24, 2.45) is 0 Å². The minimum absolute atomic E-state index is 0.0455. The normalized spacial score (nSPS) is 12.0. The van der Waals surface area contributed by atoms with E-state index in [0.29, 0.717) is 5.02 Å². The molecule has 0 aliphatic rings. The van der Waals surface area contributed by atoms with Crippen molar-refractivity contribution in [2.45, 2.75) is 19.6 Å². The molecule has 2 N–H and O–H groups in total. The third kappa shape index (κ3) is 3.44. The standard InChI is InChI=1S/C16H18ClNO2/c1-11(13-5-3-4-12(8-13)10-19)18-16-7-6-14(20-2)9-15(16)17/h3-9,11,18-19H,10H2,1-2H3. The number of benzene rings is 2. The second-order valence-electron chi connectivity index (χ2n) is 4.61. The Morgan fingerprint density at radius 1 is 1.25 bits per heavy atom. The lowest BCUT2D eigenvalue weighted by atomic mass is 10.1. The molecule has 20 heavy (non-hydrogen) atoms. The van der Waals surface area contributed by atoms with Gasteiger partial charge in [0.25, 0.3) is 0 Å². The molecule has 3 nitrogen and oxygen atoms in total. The first-order valence-corrected chi connectivity index (χ1v) is 6.81. The summed E-state index contributed by atoms with van der Waals surface area (Å²) in [6.07, 6.45) is 0. The zero-order valence-corrected chi connectivity index (χ0v) is 12.3. The van der Waals surface area contributed by atoms with Crippen molar-refractivity contribution in [2.75, 3.05) is 12.4 Å². The van der Waals surface area contributed by atoms with Crippen LogP contribution in [-0.2, 0) is 6.61 Å². The summed E-state index contributed by atoms with van der Waals surface area (Å²) >= 11 is 6.22. The van der Waals surface area contributed by atoms with Crippen LogP contribution in [0.4, 0.5) is 5.69 Å². The van der Waals surface area contributed by atoms with Gasteiger partial charge in [-0.15, -0.1) is 0 Å². The van der Waals surface area contributed by atoms with E-state index in [0.717, 1.165) is 22.6 Å². The molecule has 0 aliphatic heterocycles. The number of aliphatic hydroxyl groups excluding tert-OH is 1. The molecular weight excluding hydrogens is 274 g/mol. The molecule has 0 saturated carbocycles. The van der Waals surface area contributed by atoms with Gasteiger partial charge in [-0.1, -0.05) is 35.9 Å². The lowest BCUT2D eigenvalue weighted by molar-refractivity contribution is 0.281. The molecule has 0 aliphatic carbocycles. The van der Waals surface area contributed by atoms with Crippen molar-refractivity contribution in [1.29, 1.82) is 0 Å². The molecule has 0 aromatic heterocycles. The molecule has 2 rings (SSSR count). The number of hydrogen-bond acceptors (Lipinski definition) is 3. The Hall–Kier alpha value is -1.71. The number of methoxy groups -OCH3 is 1. The number of nitrogens with one attached hydrogen (secondary N) is 1. The third-order valence-electron chi connectivity index (χ3n) is 3.18. The van der Waals surface area contributed by atoms with E-state index in [4.69, 9.17) is 16.3 Å². The minimum Gasteiger partial charge on any atom is -0.497 e. The fourth-order valence-electron chi connectivity index (χ4n) is 2.02. The fraction of sp³-hybridized carbons (Fsp3) is 0.250. The second kappa shape index (κ2) is 6.64. The SMILES string of the molecule is COc1ccc(NC(C)c2cccc(CO)c2)c(Cl)c1. The van der Waals surface area contributed by atoms with E-state index in [1.807, 2.05) is 36.4 Å². The molecule has 0 radical (unpaired) electrons. The van der Waals surface area contributed by atoms with E-state index < -0.39 is 0 Å². The van der Waals surface area contributed by atoms with Gasteiger partial charge in [0.15, 0.2) is 0 Å². The molecule has 1 atom stereocenters. The molecule has 2 aromatic carbocycles. The molecule has 0 saturated heterocycles. The van der Waals surface area contributed by atoms with Crippen LogP contribution in [0.15, 0.2) is 42.5 Å². The Bertz CT molecular complexity index is 586. The highest BCUT2D eigenvalue weighted by molar-refractivity contribution is 6.33. The number of anilines is 1. The van der Waals surface area contributed by atoms with Crippen LogP contribution < -0.4 is 10.1 Å². The first-order valence-electron chi connectivity index (χ1n) is 6.44. The van der Waals surface area contributed by atoms with Crippen molar-refractivity contribution >= 4 is 17.3 Å². The fourth-order valence-corrected chi connectivity index (χ4v) is 2.24. The van der Waals surface area contributed by atoms with Crippen LogP contribution >= 0.6 is 11.6 Å². The molecule has 0 amide bonds. The second-order valence-corrected chi connectivity index (χ2v) is 5.02. The van der Waals surface area contributed by atoms with Crippen LogP contribution in [-0.4, -0.2) is 12.2 Å². The molecule has 2 aromatic rings. The van der Waals surface area contributed by atoms with Crippen molar-refractivity contribution in [1.82, 2.24) is 0 Å². The Morgan fingerprint density at radius 3 is 2.70 bits per heavy atom. The molecule has 1 unspecified atom stereocenters. The maximum atomic E-state index is 9.18. The van der Waals surface area contributed by atoms with Gasteiger partial charge in [-0.2, -0.15) is 0 Å². The third-order valence-corrected chi connectivity index (χ3v) is 3.49. The summed E-state index contributed by atoms with van der Waals surface area (Å²) in [5.74, 6) is 0.732. The summed E-state index contributed by atoms with van der Waals surface area (Å²) in [6, 6.07) is 13.5. The summed E-state index contributed by atoms with van der Waals surface area (Å²) in [4.78, 5) is 0.